The summed E-state index contributed by atoms with van der Waals surface area (Å²) in [5, 5.41) is 9.01. The van der Waals surface area contributed by atoms with Crippen molar-refractivity contribution in [2.24, 2.45) is 11.8 Å². The third-order valence-electron chi connectivity index (χ3n) is 8.83. The molecule has 3 heterocycles. The molecule has 218 valence electrons. The maximum atomic E-state index is 14.0. The van der Waals surface area contributed by atoms with Gasteiger partial charge in [0, 0.05) is 36.6 Å². The van der Waals surface area contributed by atoms with Gasteiger partial charge in [0.1, 0.15) is 23.5 Å². The number of methoxy groups -OCH3 is 1. The molecule has 4 atom stereocenters. The van der Waals surface area contributed by atoms with Crippen LogP contribution in [0.4, 0.5) is 4.79 Å². The normalized spacial score (nSPS) is 24.5. The molecule has 4 aliphatic rings. The molecule has 2 aliphatic heterocycles. The van der Waals surface area contributed by atoms with Crippen molar-refractivity contribution in [1.29, 1.82) is 0 Å². The van der Waals surface area contributed by atoms with E-state index in [9.17, 15) is 24.0 Å². The molecular weight excluding hydrogens is 528 g/mol. The number of hydrogen-bond donors (Lipinski definition) is 4. The van der Waals surface area contributed by atoms with Crippen molar-refractivity contribution in [2.75, 3.05) is 33.3 Å². The van der Waals surface area contributed by atoms with Gasteiger partial charge < -0.3 is 35.5 Å². The number of aromatic nitrogens is 1. The number of aromatic amines is 1. The van der Waals surface area contributed by atoms with Crippen LogP contribution in [0.2, 0.25) is 0 Å². The molecular formula is C29H36N6O6. The Balaban J connectivity index is 1.25. The highest BCUT2D eigenvalue weighted by Gasteiger charge is 2.50. The van der Waals surface area contributed by atoms with Gasteiger partial charge in [-0.3, -0.25) is 19.2 Å². The molecule has 12 heteroatoms. The SMILES string of the molecule is COc1cccc2[nH]c(C(=O)N3C[C@@H]4CCC[C@@H]4[C@H]3C(=O)N[C@@H](CN3CCCNC3=O)C(=O)C(=O)NC3CC3)cc12. The highest BCUT2D eigenvalue weighted by atomic mass is 16.5. The van der Waals surface area contributed by atoms with Crippen LogP contribution in [-0.2, 0) is 14.4 Å². The van der Waals surface area contributed by atoms with E-state index in [2.05, 4.69) is 20.9 Å². The van der Waals surface area contributed by atoms with Gasteiger partial charge in [0.15, 0.2) is 0 Å². The molecule has 1 aromatic carbocycles. The van der Waals surface area contributed by atoms with E-state index in [-0.39, 0.29) is 36.4 Å². The molecule has 2 aliphatic carbocycles. The maximum absolute atomic E-state index is 14.0. The summed E-state index contributed by atoms with van der Waals surface area (Å²) < 4.78 is 5.44. The second-order valence-electron chi connectivity index (χ2n) is 11.6. The van der Waals surface area contributed by atoms with Gasteiger partial charge >= 0.3 is 6.03 Å². The number of Topliss-reactive ketones (excluding diaryl/α,β-unsaturated/α-hetero) is 1. The quantitative estimate of drug-likeness (QED) is 0.336. The van der Waals surface area contributed by atoms with E-state index in [1.807, 2.05) is 18.2 Å². The zero-order chi connectivity index (χ0) is 28.7. The Bertz CT molecular complexity index is 1390. The summed E-state index contributed by atoms with van der Waals surface area (Å²) >= 11 is 0. The van der Waals surface area contributed by atoms with Crippen LogP contribution in [0, 0.1) is 11.8 Å². The summed E-state index contributed by atoms with van der Waals surface area (Å²) in [7, 11) is 1.57. The van der Waals surface area contributed by atoms with Crippen molar-refractivity contribution in [2.45, 2.75) is 56.7 Å². The number of H-pyrrole nitrogens is 1. The molecule has 4 N–H and O–H groups in total. The molecule has 0 unspecified atom stereocenters. The number of likely N-dealkylation sites (tertiary alicyclic amines) is 1. The van der Waals surface area contributed by atoms with E-state index in [0.29, 0.717) is 37.5 Å². The van der Waals surface area contributed by atoms with Gasteiger partial charge in [-0.25, -0.2) is 4.79 Å². The lowest BCUT2D eigenvalue weighted by atomic mass is 9.93. The fraction of sp³-hybridized carbons (Fsp3) is 0.552. The van der Waals surface area contributed by atoms with Gasteiger partial charge in [-0.2, -0.15) is 0 Å². The minimum Gasteiger partial charge on any atom is -0.496 e. The number of nitrogens with zero attached hydrogens (tertiary/aromatic N) is 2. The van der Waals surface area contributed by atoms with Crippen LogP contribution in [0.3, 0.4) is 0 Å². The summed E-state index contributed by atoms with van der Waals surface area (Å²) in [6.07, 6.45) is 4.99. The molecule has 2 saturated heterocycles. The highest BCUT2D eigenvalue weighted by molar-refractivity contribution is 6.38. The molecule has 2 saturated carbocycles. The lowest BCUT2D eigenvalue weighted by Gasteiger charge is -2.32. The largest absolute Gasteiger partial charge is 0.496 e. The number of rotatable bonds is 9. The van der Waals surface area contributed by atoms with E-state index in [1.54, 1.807) is 18.1 Å². The Kier molecular flexibility index (Phi) is 7.31. The van der Waals surface area contributed by atoms with Crippen molar-refractivity contribution in [3.8, 4) is 5.75 Å². The Morgan fingerprint density at radius 2 is 1.95 bits per heavy atom. The standard InChI is InChI=1S/C29H36N6O6/c1-41-23-8-3-7-20-19(23)13-21(32-20)28(39)35-14-16-5-2-6-18(16)24(35)26(37)33-22(15-34-12-4-11-30-29(34)40)25(36)27(38)31-17-9-10-17/h3,7-8,13,16-18,22,24,32H,2,4-6,9-12,14-15H2,1H3,(H,30,40)(H,31,38)(H,33,37)/t16-,18-,22-,24-/m0/s1. The zero-order valence-electron chi connectivity index (χ0n) is 23.1. The number of nitrogens with one attached hydrogen (secondary N) is 4. The van der Waals surface area contributed by atoms with Crippen LogP contribution in [-0.4, -0.2) is 95.7 Å². The molecule has 6 rings (SSSR count). The number of carbonyl (C=O) groups excluding carboxylic acids is 5. The number of benzene rings is 1. The smallest absolute Gasteiger partial charge is 0.317 e. The van der Waals surface area contributed by atoms with Gasteiger partial charge in [0.05, 0.1) is 13.7 Å². The Morgan fingerprint density at radius 1 is 1.12 bits per heavy atom. The molecule has 41 heavy (non-hydrogen) atoms. The van der Waals surface area contributed by atoms with E-state index in [4.69, 9.17) is 4.74 Å². The van der Waals surface area contributed by atoms with Crippen molar-refractivity contribution < 1.29 is 28.7 Å². The average molecular weight is 565 g/mol. The molecule has 0 radical (unpaired) electrons. The van der Waals surface area contributed by atoms with E-state index in [0.717, 1.165) is 43.0 Å². The molecule has 4 fully saturated rings. The predicted octanol–water partition coefficient (Wildman–Crippen LogP) is 1.17. The van der Waals surface area contributed by atoms with Gasteiger partial charge in [0.25, 0.3) is 11.8 Å². The van der Waals surface area contributed by atoms with Crippen molar-refractivity contribution in [3.63, 3.8) is 0 Å². The second-order valence-corrected chi connectivity index (χ2v) is 11.6. The van der Waals surface area contributed by atoms with Crippen LogP contribution < -0.4 is 20.7 Å². The topological polar surface area (TPSA) is 153 Å². The molecule has 12 nitrogen and oxygen atoms in total. The first kappa shape index (κ1) is 27.1. The third kappa shape index (κ3) is 5.34. The summed E-state index contributed by atoms with van der Waals surface area (Å²) in [6.45, 7) is 1.26. The fourth-order valence-corrected chi connectivity index (χ4v) is 6.59. The van der Waals surface area contributed by atoms with E-state index < -0.39 is 29.7 Å². The first-order valence-electron chi connectivity index (χ1n) is 14.5. The number of hydrogen-bond acceptors (Lipinski definition) is 6. The highest BCUT2D eigenvalue weighted by Crippen LogP contribution is 2.43. The molecule has 0 bridgehead atoms. The van der Waals surface area contributed by atoms with Gasteiger partial charge in [-0.15, -0.1) is 0 Å². The van der Waals surface area contributed by atoms with Gasteiger partial charge in [-0.05, 0) is 62.1 Å². The maximum Gasteiger partial charge on any atom is 0.317 e. The second kappa shape index (κ2) is 11.1. The average Bonchev–Trinajstić information content (AvgIpc) is 3.34. The van der Waals surface area contributed by atoms with Crippen molar-refractivity contribution in [1.82, 2.24) is 30.7 Å². The Labute approximate surface area is 237 Å². The summed E-state index contributed by atoms with van der Waals surface area (Å²) in [5.41, 5.74) is 1.10. The molecule has 1 aromatic heterocycles. The lowest BCUT2D eigenvalue weighted by molar-refractivity contribution is -0.140. The van der Waals surface area contributed by atoms with Crippen LogP contribution in [0.1, 0.15) is 49.0 Å². The lowest BCUT2D eigenvalue weighted by Crippen LogP contribution is -2.60. The molecule has 5 amide bonds. The minimum absolute atomic E-state index is 0.0294. The molecule has 0 spiro atoms. The number of ketones is 1. The van der Waals surface area contributed by atoms with Crippen molar-refractivity contribution in [3.05, 3.63) is 30.0 Å². The Hall–Kier alpha value is -4.09. The van der Waals surface area contributed by atoms with Crippen LogP contribution >= 0.6 is 0 Å². The first-order chi connectivity index (χ1) is 19.8. The Morgan fingerprint density at radius 3 is 2.71 bits per heavy atom. The number of carbonyl (C=O) groups is 5. The number of urea groups is 1. The minimum atomic E-state index is -1.22. The van der Waals surface area contributed by atoms with Gasteiger partial charge in [0.2, 0.25) is 11.7 Å². The van der Waals surface area contributed by atoms with E-state index >= 15 is 0 Å². The molecule has 2 aromatic rings. The third-order valence-corrected chi connectivity index (χ3v) is 8.83. The van der Waals surface area contributed by atoms with Gasteiger partial charge in [-0.1, -0.05) is 12.5 Å². The zero-order valence-corrected chi connectivity index (χ0v) is 23.1. The van der Waals surface area contributed by atoms with Crippen LogP contribution in [0.25, 0.3) is 10.9 Å². The predicted molar refractivity (Wildman–Crippen MR) is 148 cm³/mol. The van der Waals surface area contributed by atoms with Crippen LogP contribution in [0.15, 0.2) is 24.3 Å². The van der Waals surface area contributed by atoms with Crippen LogP contribution in [0.5, 0.6) is 5.75 Å². The fourth-order valence-electron chi connectivity index (χ4n) is 6.59. The number of ether oxygens (including phenoxy) is 1. The van der Waals surface area contributed by atoms with Crippen molar-refractivity contribution >= 4 is 40.4 Å². The summed E-state index contributed by atoms with van der Waals surface area (Å²) in [6, 6.07) is 4.87. The van der Waals surface area contributed by atoms with E-state index in [1.165, 1.54) is 4.90 Å². The number of amides is 5. The monoisotopic (exact) mass is 564 g/mol. The number of fused-ring (bicyclic) bond motifs is 2. The first-order valence-corrected chi connectivity index (χ1v) is 14.5. The summed E-state index contributed by atoms with van der Waals surface area (Å²) in [5.74, 6) is -1.57. The summed E-state index contributed by atoms with van der Waals surface area (Å²) in [4.78, 5) is 72.5.